The van der Waals surface area contributed by atoms with Gasteiger partial charge in [0.1, 0.15) is 11.6 Å². The van der Waals surface area contributed by atoms with Crippen LogP contribution in [0.4, 0.5) is 0 Å². The summed E-state index contributed by atoms with van der Waals surface area (Å²) in [7, 11) is 1.81. The molecule has 1 aliphatic heterocycles. The van der Waals surface area contributed by atoms with Gasteiger partial charge in [-0.2, -0.15) is 11.8 Å². The number of imidazole rings is 1. The van der Waals surface area contributed by atoms with E-state index in [1.54, 1.807) is 13.2 Å². The van der Waals surface area contributed by atoms with Gasteiger partial charge in [-0.3, -0.25) is 9.56 Å². The van der Waals surface area contributed by atoms with E-state index in [2.05, 4.69) is 31.7 Å². The molecule has 1 fully saturated rings. The van der Waals surface area contributed by atoms with Gasteiger partial charge >= 0.3 is 0 Å². The molecule has 0 aliphatic carbocycles. The molecular formula is C17H25IN6S. The first-order valence-electron chi connectivity index (χ1n) is 8.27. The largest absolute Gasteiger partial charge is 0.355 e. The Morgan fingerprint density at radius 2 is 2.24 bits per heavy atom. The minimum Gasteiger partial charge on any atom is -0.355 e. The highest BCUT2D eigenvalue weighted by Crippen LogP contribution is 2.25. The van der Waals surface area contributed by atoms with Crippen LogP contribution < -0.4 is 10.6 Å². The molecule has 25 heavy (non-hydrogen) atoms. The van der Waals surface area contributed by atoms with Crippen molar-refractivity contribution >= 4 is 41.7 Å². The van der Waals surface area contributed by atoms with Gasteiger partial charge in [0.2, 0.25) is 0 Å². The summed E-state index contributed by atoms with van der Waals surface area (Å²) in [5, 5.41) is 7.46. The van der Waals surface area contributed by atoms with Crippen molar-refractivity contribution in [2.45, 2.75) is 31.6 Å². The number of nitrogens with zero attached hydrogens (tertiary/aromatic N) is 4. The van der Waals surface area contributed by atoms with Crippen molar-refractivity contribution in [3.8, 4) is 5.82 Å². The zero-order chi connectivity index (χ0) is 16.8. The van der Waals surface area contributed by atoms with Crippen molar-refractivity contribution in [3.05, 3.63) is 42.1 Å². The van der Waals surface area contributed by atoms with Crippen molar-refractivity contribution in [1.82, 2.24) is 25.2 Å². The summed E-state index contributed by atoms with van der Waals surface area (Å²) < 4.78 is 1.97. The first-order chi connectivity index (χ1) is 11.8. The highest BCUT2D eigenvalue weighted by molar-refractivity contribution is 14.0. The number of aromatic nitrogens is 3. The van der Waals surface area contributed by atoms with E-state index >= 15 is 0 Å². The average Bonchev–Trinajstić information content (AvgIpc) is 3.27. The molecule has 0 radical (unpaired) electrons. The minimum atomic E-state index is 0. The fraction of sp³-hybridized carbons (Fsp3) is 0.471. The summed E-state index contributed by atoms with van der Waals surface area (Å²) in [6.07, 6.45) is 8.22. The van der Waals surface area contributed by atoms with E-state index in [4.69, 9.17) is 0 Å². The standard InChI is InChI=1S/C17H24N6S.HI/c1-13-19-7-8-23(13)16-6-5-14(10-20-16)11-21-17(18-2)22-12-15-4-3-9-24-15;/h5-8,10,15H,3-4,9,11-12H2,1-2H3,(H2,18,21,22);1H. The fourth-order valence-corrected chi connectivity index (χ4v) is 3.91. The van der Waals surface area contributed by atoms with Gasteiger partial charge in [0, 0.05) is 44.0 Å². The van der Waals surface area contributed by atoms with Gasteiger partial charge in [-0.05, 0) is 37.1 Å². The number of rotatable bonds is 5. The summed E-state index contributed by atoms with van der Waals surface area (Å²) >= 11 is 2.05. The van der Waals surface area contributed by atoms with E-state index < -0.39 is 0 Å². The predicted molar refractivity (Wildman–Crippen MR) is 115 cm³/mol. The molecule has 136 valence electrons. The van der Waals surface area contributed by atoms with Gasteiger partial charge in [-0.1, -0.05) is 6.07 Å². The van der Waals surface area contributed by atoms with Gasteiger partial charge in [0.05, 0.1) is 0 Å². The molecule has 0 saturated carbocycles. The van der Waals surface area contributed by atoms with Crippen molar-refractivity contribution in [2.75, 3.05) is 19.3 Å². The van der Waals surface area contributed by atoms with E-state index in [1.807, 2.05) is 41.7 Å². The molecule has 2 aromatic rings. The zero-order valence-electron chi connectivity index (χ0n) is 14.6. The summed E-state index contributed by atoms with van der Waals surface area (Å²) in [5.74, 6) is 3.95. The van der Waals surface area contributed by atoms with Crippen molar-refractivity contribution < 1.29 is 0 Å². The topological polar surface area (TPSA) is 67.1 Å². The maximum Gasteiger partial charge on any atom is 0.191 e. The fourth-order valence-electron chi connectivity index (χ4n) is 2.71. The molecule has 2 aromatic heterocycles. The number of hydrogen-bond donors (Lipinski definition) is 2. The van der Waals surface area contributed by atoms with E-state index in [1.165, 1.54) is 18.6 Å². The summed E-state index contributed by atoms with van der Waals surface area (Å²) in [4.78, 5) is 13.0. The SMILES string of the molecule is CN=C(NCc1ccc(-n2ccnc2C)nc1)NCC1CCCS1.I. The number of pyridine rings is 1. The molecule has 1 atom stereocenters. The number of guanidine groups is 1. The molecule has 1 saturated heterocycles. The van der Waals surface area contributed by atoms with Crippen molar-refractivity contribution in [1.29, 1.82) is 0 Å². The third-order valence-corrected chi connectivity index (χ3v) is 5.48. The van der Waals surface area contributed by atoms with Gasteiger partial charge in [-0.25, -0.2) is 9.97 Å². The zero-order valence-corrected chi connectivity index (χ0v) is 17.8. The Balaban J connectivity index is 0.00000225. The molecule has 2 N–H and O–H groups in total. The molecule has 3 rings (SSSR count). The van der Waals surface area contributed by atoms with Crippen LogP contribution >= 0.6 is 35.7 Å². The first-order valence-corrected chi connectivity index (χ1v) is 9.32. The van der Waals surface area contributed by atoms with E-state index in [0.29, 0.717) is 11.8 Å². The maximum atomic E-state index is 4.51. The number of aliphatic imine (C=N–C) groups is 1. The molecule has 0 aromatic carbocycles. The van der Waals surface area contributed by atoms with Crippen molar-refractivity contribution in [3.63, 3.8) is 0 Å². The second-order valence-corrected chi connectivity index (χ2v) is 7.22. The Morgan fingerprint density at radius 1 is 1.36 bits per heavy atom. The molecule has 6 nitrogen and oxygen atoms in total. The maximum absolute atomic E-state index is 4.51. The van der Waals surface area contributed by atoms with Crippen LogP contribution in [0.1, 0.15) is 24.2 Å². The highest BCUT2D eigenvalue weighted by Gasteiger charge is 2.15. The van der Waals surface area contributed by atoms with Crippen LogP contribution in [0.2, 0.25) is 0 Å². The van der Waals surface area contributed by atoms with Crippen LogP contribution in [0, 0.1) is 6.92 Å². The summed E-state index contributed by atoms with van der Waals surface area (Å²) in [6, 6.07) is 4.09. The molecule has 8 heteroatoms. The second kappa shape index (κ2) is 10.0. The van der Waals surface area contributed by atoms with E-state index in [-0.39, 0.29) is 24.0 Å². The monoisotopic (exact) mass is 472 g/mol. The van der Waals surface area contributed by atoms with Gasteiger partial charge in [-0.15, -0.1) is 24.0 Å². The van der Waals surface area contributed by atoms with Crippen molar-refractivity contribution in [2.24, 2.45) is 4.99 Å². The van der Waals surface area contributed by atoms with Crippen LogP contribution in [-0.4, -0.2) is 45.1 Å². The summed E-state index contributed by atoms with van der Waals surface area (Å²) in [6.45, 7) is 3.64. The van der Waals surface area contributed by atoms with Crippen LogP contribution in [0.25, 0.3) is 5.82 Å². The van der Waals surface area contributed by atoms with Crippen LogP contribution in [-0.2, 0) is 6.54 Å². The number of thioether (sulfide) groups is 1. The molecule has 3 heterocycles. The third-order valence-electron chi connectivity index (χ3n) is 4.09. The predicted octanol–water partition coefficient (Wildman–Crippen LogP) is 2.75. The lowest BCUT2D eigenvalue weighted by Crippen LogP contribution is -2.39. The van der Waals surface area contributed by atoms with Gasteiger partial charge in [0.25, 0.3) is 0 Å². The van der Waals surface area contributed by atoms with Crippen LogP contribution in [0.15, 0.2) is 35.7 Å². The lowest BCUT2D eigenvalue weighted by Gasteiger charge is -2.15. The van der Waals surface area contributed by atoms with E-state index in [0.717, 1.165) is 29.7 Å². The highest BCUT2D eigenvalue weighted by atomic mass is 127. The molecular weight excluding hydrogens is 447 g/mol. The van der Waals surface area contributed by atoms with Gasteiger partial charge in [0.15, 0.2) is 5.96 Å². The van der Waals surface area contributed by atoms with E-state index in [9.17, 15) is 0 Å². The number of hydrogen-bond acceptors (Lipinski definition) is 4. The molecule has 0 bridgehead atoms. The number of halogens is 1. The lowest BCUT2D eigenvalue weighted by atomic mass is 10.2. The first kappa shape index (κ1) is 20.0. The number of nitrogens with one attached hydrogen (secondary N) is 2. The minimum absolute atomic E-state index is 0. The second-order valence-electron chi connectivity index (χ2n) is 5.81. The Morgan fingerprint density at radius 3 is 2.84 bits per heavy atom. The Labute approximate surface area is 170 Å². The third kappa shape index (κ3) is 5.60. The molecule has 1 unspecified atom stereocenters. The normalized spacial score (nSPS) is 17.2. The molecule has 1 aliphatic rings. The van der Waals surface area contributed by atoms with Crippen LogP contribution in [0.3, 0.4) is 0 Å². The average molecular weight is 472 g/mol. The number of aryl methyl sites for hydroxylation is 1. The lowest BCUT2D eigenvalue weighted by molar-refractivity contribution is 0.725. The Kier molecular flexibility index (Phi) is 8.01. The Bertz CT molecular complexity index is 679. The summed E-state index contributed by atoms with van der Waals surface area (Å²) in [5.41, 5.74) is 1.12. The van der Waals surface area contributed by atoms with Crippen LogP contribution in [0.5, 0.6) is 0 Å². The quantitative estimate of drug-likeness (QED) is 0.398. The van der Waals surface area contributed by atoms with Gasteiger partial charge < -0.3 is 10.6 Å². The molecule has 0 amide bonds. The Hall–Kier alpha value is -1.29. The smallest absolute Gasteiger partial charge is 0.191 e. The molecule has 0 spiro atoms.